The van der Waals surface area contributed by atoms with Crippen LogP contribution in [0.25, 0.3) is 0 Å². The smallest absolute Gasteiger partial charge is 0.341 e. The summed E-state index contributed by atoms with van der Waals surface area (Å²) in [7, 11) is 1.77. The number of aromatic nitrogens is 3. The van der Waals surface area contributed by atoms with Crippen molar-refractivity contribution < 1.29 is 23.9 Å². The number of fused-ring (bicyclic) bond motifs is 1. The maximum Gasteiger partial charge on any atom is 0.341 e. The van der Waals surface area contributed by atoms with Crippen LogP contribution < -0.4 is 15.4 Å². The van der Waals surface area contributed by atoms with E-state index in [-0.39, 0.29) is 42.7 Å². The van der Waals surface area contributed by atoms with E-state index in [1.165, 1.54) is 23.1 Å². The van der Waals surface area contributed by atoms with Crippen molar-refractivity contribution in [2.24, 2.45) is 18.4 Å². The summed E-state index contributed by atoms with van der Waals surface area (Å²) >= 11 is 8.55. The van der Waals surface area contributed by atoms with Crippen molar-refractivity contribution in [3.8, 4) is 5.75 Å². The molecule has 1 aromatic carbocycles. The van der Waals surface area contributed by atoms with E-state index in [1.807, 2.05) is 0 Å². The Bertz CT molecular complexity index is 1430. The normalized spacial score (nSPS) is 14.7. The molecule has 0 saturated heterocycles. The van der Waals surface area contributed by atoms with Crippen LogP contribution in [0.3, 0.4) is 0 Å². The monoisotopic (exact) mass is 633 g/mol. The van der Waals surface area contributed by atoms with Crippen LogP contribution in [0.2, 0.25) is 5.02 Å². The Balaban J connectivity index is 1.32. The molecule has 0 spiro atoms. The molecule has 2 N–H and O–H groups in total. The third-order valence-electron chi connectivity index (χ3n) is 7.11. The van der Waals surface area contributed by atoms with Crippen LogP contribution in [0.1, 0.15) is 60.7 Å². The van der Waals surface area contributed by atoms with E-state index in [4.69, 9.17) is 21.1 Å². The van der Waals surface area contributed by atoms with Crippen molar-refractivity contribution in [2.75, 3.05) is 24.3 Å². The Labute approximate surface area is 258 Å². The SMILES string of the molecule is CCOC(=O)c1c(NC(=O)CSc2nnc(CNC(=O)COc3ccc(Cl)cc3)n2C)sc2c1CCC(C(C)(C)C)C2. The highest BCUT2D eigenvalue weighted by Gasteiger charge is 2.34. The summed E-state index contributed by atoms with van der Waals surface area (Å²) in [6.07, 6.45) is 2.66. The second-order valence-corrected chi connectivity index (χ2v) is 13.5. The first-order chi connectivity index (χ1) is 20.0. The molecule has 0 aliphatic heterocycles. The first-order valence-corrected chi connectivity index (χ1v) is 15.9. The van der Waals surface area contributed by atoms with Gasteiger partial charge >= 0.3 is 5.97 Å². The van der Waals surface area contributed by atoms with Gasteiger partial charge in [0.15, 0.2) is 17.6 Å². The molecule has 1 aliphatic rings. The number of ether oxygens (including phenoxy) is 2. The van der Waals surface area contributed by atoms with Gasteiger partial charge in [0.25, 0.3) is 5.91 Å². The summed E-state index contributed by atoms with van der Waals surface area (Å²) < 4.78 is 12.5. The minimum absolute atomic E-state index is 0.0721. The van der Waals surface area contributed by atoms with E-state index in [0.717, 1.165) is 29.7 Å². The zero-order valence-corrected chi connectivity index (χ0v) is 26.8. The number of nitrogens with one attached hydrogen (secondary N) is 2. The summed E-state index contributed by atoms with van der Waals surface area (Å²) in [6.45, 7) is 8.76. The average molecular weight is 634 g/mol. The standard InChI is InChI=1S/C29H36ClN5O5S2/c1-6-39-27(38)25-20-12-7-17(29(2,3)4)13-21(20)42-26(25)32-24(37)16-41-28-34-33-22(35(28)5)14-31-23(36)15-40-19-10-8-18(30)9-11-19/h8-11,17H,6-7,12-16H2,1-5H3,(H,31,36)(H,32,37). The molecular formula is C29H36ClN5O5S2. The molecule has 42 heavy (non-hydrogen) atoms. The van der Waals surface area contributed by atoms with Gasteiger partial charge in [-0.3, -0.25) is 9.59 Å². The van der Waals surface area contributed by atoms with Crippen LogP contribution in [0, 0.1) is 11.3 Å². The molecule has 2 aromatic heterocycles. The van der Waals surface area contributed by atoms with Gasteiger partial charge in [0, 0.05) is 16.9 Å². The summed E-state index contributed by atoms with van der Waals surface area (Å²) in [5, 5.41) is 15.6. The second-order valence-electron chi connectivity index (χ2n) is 11.0. The highest BCUT2D eigenvalue weighted by Crippen LogP contribution is 2.44. The van der Waals surface area contributed by atoms with Crippen molar-refractivity contribution >= 4 is 57.5 Å². The van der Waals surface area contributed by atoms with E-state index in [1.54, 1.807) is 42.8 Å². The molecule has 4 rings (SSSR count). The summed E-state index contributed by atoms with van der Waals surface area (Å²) in [5.41, 5.74) is 1.65. The predicted octanol–water partition coefficient (Wildman–Crippen LogP) is 5.28. The Morgan fingerprint density at radius 1 is 1.17 bits per heavy atom. The molecule has 2 amide bonds. The van der Waals surface area contributed by atoms with Crippen LogP contribution in [-0.2, 0) is 40.8 Å². The maximum absolute atomic E-state index is 13.0. The number of nitrogens with zero attached hydrogens (tertiary/aromatic N) is 3. The Morgan fingerprint density at radius 2 is 1.90 bits per heavy atom. The Hall–Kier alpha value is -3.09. The number of esters is 1. The number of benzene rings is 1. The largest absolute Gasteiger partial charge is 0.484 e. The number of amides is 2. The average Bonchev–Trinajstić information content (AvgIpc) is 3.48. The molecule has 1 unspecified atom stereocenters. The van der Waals surface area contributed by atoms with E-state index < -0.39 is 5.97 Å². The van der Waals surface area contributed by atoms with Crippen LogP contribution in [0.15, 0.2) is 29.4 Å². The molecule has 3 aromatic rings. The van der Waals surface area contributed by atoms with E-state index >= 15 is 0 Å². The summed E-state index contributed by atoms with van der Waals surface area (Å²) in [4.78, 5) is 39.2. The number of hydrogen-bond acceptors (Lipinski definition) is 9. The van der Waals surface area contributed by atoms with Crippen molar-refractivity contribution in [3.05, 3.63) is 51.1 Å². The van der Waals surface area contributed by atoms with Gasteiger partial charge in [0.05, 0.1) is 24.5 Å². The van der Waals surface area contributed by atoms with Crippen molar-refractivity contribution in [2.45, 2.75) is 58.7 Å². The molecule has 0 radical (unpaired) electrons. The first kappa shape index (κ1) is 31.8. The lowest BCUT2D eigenvalue weighted by atomic mass is 9.72. The molecule has 1 atom stereocenters. The van der Waals surface area contributed by atoms with Gasteiger partial charge in [0.1, 0.15) is 10.8 Å². The molecule has 0 fully saturated rings. The van der Waals surface area contributed by atoms with E-state index in [2.05, 4.69) is 41.6 Å². The van der Waals surface area contributed by atoms with Crippen molar-refractivity contribution in [3.63, 3.8) is 0 Å². The van der Waals surface area contributed by atoms with Gasteiger partial charge in [-0.15, -0.1) is 21.5 Å². The van der Waals surface area contributed by atoms with Gasteiger partial charge in [-0.05, 0) is 67.3 Å². The quantitative estimate of drug-likeness (QED) is 0.216. The minimum Gasteiger partial charge on any atom is -0.484 e. The summed E-state index contributed by atoms with van der Waals surface area (Å²) in [6, 6.07) is 6.74. The van der Waals surface area contributed by atoms with Gasteiger partial charge in [0.2, 0.25) is 5.91 Å². The topological polar surface area (TPSA) is 124 Å². The fourth-order valence-electron chi connectivity index (χ4n) is 4.66. The fourth-order valence-corrected chi connectivity index (χ4v) is 6.85. The van der Waals surface area contributed by atoms with Crippen molar-refractivity contribution in [1.82, 2.24) is 20.1 Å². The molecule has 226 valence electrons. The molecule has 2 heterocycles. The fraction of sp³-hybridized carbons (Fsp3) is 0.483. The highest BCUT2D eigenvalue weighted by molar-refractivity contribution is 7.99. The lowest BCUT2D eigenvalue weighted by Crippen LogP contribution is -2.29. The van der Waals surface area contributed by atoms with E-state index in [0.29, 0.717) is 38.2 Å². The predicted molar refractivity (Wildman–Crippen MR) is 164 cm³/mol. The number of halogens is 1. The Morgan fingerprint density at radius 3 is 2.60 bits per heavy atom. The first-order valence-electron chi connectivity index (χ1n) is 13.7. The van der Waals surface area contributed by atoms with Gasteiger partial charge in [-0.1, -0.05) is 44.1 Å². The number of thiophene rings is 1. The molecule has 0 bridgehead atoms. The molecule has 10 nitrogen and oxygen atoms in total. The van der Waals surface area contributed by atoms with Gasteiger partial charge in [-0.25, -0.2) is 4.79 Å². The Kier molecular flexibility index (Phi) is 10.6. The third-order valence-corrected chi connectivity index (χ3v) is 9.55. The molecule has 0 saturated carbocycles. The number of carbonyl (C=O) groups excluding carboxylic acids is 3. The van der Waals surface area contributed by atoms with Crippen LogP contribution in [0.5, 0.6) is 5.75 Å². The number of rotatable bonds is 11. The number of anilines is 1. The van der Waals surface area contributed by atoms with Crippen molar-refractivity contribution in [1.29, 1.82) is 0 Å². The molecule has 13 heteroatoms. The van der Waals surface area contributed by atoms with Crippen LogP contribution >= 0.6 is 34.7 Å². The van der Waals surface area contributed by atoms with Crippen LogP contribution in [-0.4, -0.2) is 51.5 Å². The lowest BCUT2D eigenvalue weighted by molar-refractivity contribution is -0.123. The van der Waals surface area contributed by atoms with E-state index in [9.17, 15) is 14.4 Å². The highest BCUT2D eigenvalue weighted by atomic mass is 35.5. The van der Waals surface area contributed by atoms with Gasteiger partial charge < -0.3 is 24.7 Å². The number of hydrogen-bond donors (Lipinski definition) is 2. The third kappa shape index (κ3) is 8.05. The van der Waals surface area contributed by atoms with Crippen LogP contribution in [0.4, 0.5) is 5.00 Å². The number of carbonyl (C=O) groups is 3. The zero-order chi connectivity index (χ0) is 30.4. The molecule has 1 aliphatic carbocycles. The minimum atomic E-state index is -0.397. The van der Waals surface area contributed by atoms with Gasteiger partial charge in [-0.2, -0.15) is 0 Å². The second kappa shape index (κ2) is 13.9. The molecular weight excluding hydrogens is 598 g/mol. The summed E-state index contributed by atoms with van der Waals surface area (Å²) in [5.74, 6) is 0.676. The zero-order valence-electron chi connectivity index (χ0n) is 24.4. The number of thioether (sulfide) groups is 1. The maximum atomic E-state index is 13.0. The lowest BCUT2D eigenvalue weighted by Gasteiger charge is -2.33.